The minimum atomic E-state index is -4.61. The van der Waals surface area contributed by atoms with Crippen molar-refractivity contribution in [1.82, 2.24) is 4.90 Å². The summed E-state index contributed by atoms with van der Waals surface area (Å²) in [5, 5.41) is 0. The number of hydrogen-bond donors (Lipinski definition) is 1. The molecule has 0 radical (unpaired) electrons. The molecule has 1 aromatic carbocycles. The van der Waals surface area contributed by atoms with Crippen LogP contribution in [-0.4, -0.2) is 42.6 Å². The lowest BCUT2D eigenvalue weighted by Crippen LogP contribution is -3.00. The molecule has 0 bridgehead atoms. The van der Waals surface area contributed by atoms with E-state index >= 15 is 0 Å². The van der Waals surface area contributed by atoms with E-state index in [0.29, 0.717) is 32.0 Å². The van der Waals surface area contributed by atoms with Crippen LogP contribution in [0, 0.1) is 5.92 Å². The number of likely N-dealkylation sites (tertiary alicyclic amines) is 1. The molecular formula is C19H27ClF3N2O3S-. The van der Waals surface area contributed by atoms with E-state index in [2.05, 4.69) is 0 Å². The number of nitrogens with zero attached hydrogens (tertiary/aromatic N) is 1. The molecule has 1 heterocycles. The second-order valence-corrected chi connectivity index (χ2v) is 11.0. The molecule has 29 heavy (non-hydrogen) atoms. The molecule has 2 rings (SSSR count). The zero-order chi connectivity index (χ0) is 21.5. The number of rotatable bonds is 4. The van der Waals surface area contributed by atoms with Gasteiger partial charge in [0.05, 0.1) is 20.7 Å². The monoisotopic (exact) mass is 455 g/mol. The summed E-state index contributed by atoms with van der Waals surface area (Å²) in [7, 11) is -4.02. The molecular weight excluding hydrogens is 429 g/mol. The highest BCUT2D eigenvalue weighted by Crippen LogP contribution is 2.39. The molecule has 10 heteroatoms. The minimum Gasteiger partial charge on any atom is -1.00 e. The Morgan fingerprint density at radius 2 is 1.62 bits per heavy atom. The highest BCUT2D eigenvalue weighted by atomic mass is 35.5. The zero-order valence-electron chi connectivity index (χ0n) is 16.9. The van der Waals surface area contributed by atoms with Crippen molar-refractivity contribution in [1.29, 1.82) is 0 Å². The van der Waals surface area contributed by atoms with Crippen LogP contribution in [-0.2, 0) is 20.8 Å². The van der Waals surface area contributed by atoms with Gasteiger partial charge in [-0.15, -0.1) is 0 Å². The van der Waals surface area contributed by atoms with E-state index in [1.807, 2.05) is 0 Å². The summed E-state index contributed by atoms with van der Waals surface area (Å²) >= 11 is 0. The minimum absolute atomic E-state index is 0. The number of hydrogen-bond acceptors (Lipinski definition) is 4. The molecule has 166 valence electrons. The summed E-state index contributed by atoms with van der Waals surface area (Å²) in [6, 6.07) is 3.84. The predicted octanol–water partition coefficient (Wildman–Crippen LogP) is 0.238. The fourth-order valence-corrected chi connectivity index (χ4v) is 5.37. The first-order valence-corrected chi connectivity index (χ1v) is 10.6. The van der Waals surface area contributed by atoms with Gasteiger partial charge in [-0.2, -0.15) is 13.2 Å². The average Bonchev–Trinajstić information content (AvgIpc) is 2.59. The van der Waals surface area contributed by atoms with Crippen molar-refractivity contribution in [2.45, 2.75) is 61.9 Å². The summed E-state index contributed by atoms with van der Waals surface area (Å²) in [5.74, 6) is -0.499. The molecule has 1 fully saturated rings. The molecule has 0 atom stereocenters. The first-order valence-electron chi connectivity index (χ1n) is 9.08. The molecule has 0 aliphatic carbocycles. The molecule has 1 aliphatic rings. The second kappa shape index (κ2) is 8.43. The van der Waals surface area contributed by atoms with E-state index in [4.69, 9.17) is 5.73 Å². The summed E-state index contributed by atoms with van der Waals surface area (Å²) in [6.45, 7) is 7.04. The van der Waals surface area contributed by atoms with Crippen molar-refractivity contribution in [3.8, 4) is 0 Å². The number of benzene rings is 1. The van der Waals surface area contributed by atoms with Crippen LogP contribution < -0.4 is 18.1 Å². The topological polar surface area (TPSA) is 80.5 Å². The van der Waals surface area contributed by atoms with Crippen molar-refractivity contribution in [3.05, 3.63) is 29.8 Å². The van der Waals surface area contributed by atoms with Crippen molar-refractivity contribution >= 4 is 15.7 Å². The number of halogens is 4. The Morgan fingerprint density at radius 3 is 2.07 bits per heavy atom. The van der Waals surface area contributed by atoms with Crippen LogP contribution in [0.4, 0.5) is 13.2 Å². The van der Waals surface area contributed by atoms with Gasteiger partial charge < -0.3 is 23.0 Å². The molecule has 0 aromatic heterocycles. The summed E-state index contributed by atoms with van der Waals surface area (Å²) in [6.07, 6.45) is -3.74. The maximum atomic E-state index is 13.1. The zero-order valence-corrected chi connectivity index (χ0v) is 18.5. The third kappa shape index (κ3) is 5.24. The van der Waals surface area contributed by atoms with Crippen LogP contribution in [0.3, 0.4) is 0 Å². The van der Waals surface area contributed by atoms with E-state index in [1.54, 1.807) is 18.7 Å². The summed E-state index contributed by atoms with van der Waals surface area (Å²) in [4.78, 5) is 13.6. The molecule has 1 amide bonds. The maximum Gasteiger partial charge on any atom is 0.416 e. The van der Waals surface area contributed by atoms with Gasteiger partial charge >= 0.3 is 6.18 Å². The Hall–Kier alpha value is -1.32. The third-order valence-electron chi connectivity index (χ3n) is 5.48. The first-order chi connectivity index (χ1) is 12.6. The Morgan fingerprint density at radius 1 is 1.10 bits per heavy atom. The van der Waals surface area contributed by atoms with Gasteiger partial charge in [0.15, 0.2) is 9.84 Å². The van der Waals surface area contributed by atoms with Gasteiger partial charge in [-0.05, 0) is 64.7 Å². The Labute approximate surface area is 176 Å². The number of nitrogens with two attached hydrogens (primary N) is 1. The van der Waals surface area contributed by atoms with Gasteiger partial charge in [0.2, 0.25) is 5.91 Å². The third-order valence-corrected chi connectivity index (χ3v) is 8.07. The van der Waals surface area contributed by atoms with E-state index < -0.39 is 31.9 Å². The van der Waals surface area contributed by atoms with Crippen LogP contribution in [0.25, 0.3) is 0 Å². The molecule has 1 aliphatic heterocycles. The lowest BCUT2D eigenvalue weighted by Gasteiger charge is -2.41. The fraction of sp³-hybridized carbons (Fsp3) is 0.632. The van der Waals surface area contributed by atoms with Gasteiger partial charge in [-0.1, -0.05) is 6.07 Å². The lowest BCUT2D eigenvalue weighted by atomic mass is 9.85. The molecule has 0 spiro atoms. The number of carbonyl (C=O) groups excluding carboxylic acids is 1. The summed E-state index contributed by atoms with van der Waals surface area (Å²) < 4.78 is 63.9. The van der Waals surface area contributed by atoms with Crippen molar-refractivity contribution < 1.29 is 38.8 Å². The molecule has 0 saturated carbocycles. The van der Waals surface area contributed by atoms with Crippen molar-refractivity contribution in [2.75, 3.05) is 13.1 Å². The largest absolute Gasteiger partial charge is 1.00 e. The van der Waals surface area contributed by atoms with Crippen LogP contribution in [0.1, 0.15) is 46.1 Å². The second-order valence-electron chi connectivity index (χ2n) is 8.42. The van der Waals surface area contributed by atoms with Gasteiger partial charge in [0, 0.05) is 13.1 Å². The average molecular weight is 456 g/mol. The number of sulfone groups is 1. The van der Waals surface area contributed by atoms with Crippen molar-refractivity contribution in [2.24, 2.45) is 11.7 Å². The number of piperidine rings is 1. The predicted molar refractivity (Wildman–Crippen MR) is 100 cm³/mol. The number of carbonyl (C=O) groups is 1. The van der Waals surface area contributed by atoms with Crippen molar-refractivity contribution in [3.63, 3.8) is 0 Å². The van der Waals surface area contributed by atoms with Gasteiger partial charge in [-0.3, -0.25) is 4.79 Å². The highest BCUT2D eigenvalue weighted by molar-refractivity contribution is 7.92. The molecule has 2 N–H and O–H groups in total. The van der Waals surface area contributed by atoms with Crippen LogP contribution >= 0.6 is 0 Å². The molecule has 1 aromatic rings. The molecule has 0 unspecified atom stereocenters. The normalized spacial score (nSPS) is 17.0. The number of amides is 1. The Bertz CT molecular complexity index is 841. The SMILES string of the molecule is CC(C)(N)C(=O)N1CCC(C(C)(C)S(=O)(=O)c2cccc(C(F)(F)F)c2)CC1.[Cl-]. The Kier molecular flexibility index (Phi) is 7.48. The van der Waals surface area contributed by atoms with E-state index in [-0.39, 0.29) is 29.1 Å². The van der Waals surface area contributed by atoms with Gasteiger partial charge in [-0.25, -0.2) is 8.42 Å². The van der Waals surface area contributed by atoms with E-state index in [9.17, 15) is 26.4 Å². The van der Waals surface area contributed by atoms with E-state index in [1.165, 1.54) is 19.9 Å². The quantitative estimate of drug-likeness (QED) is 0.705. The van der Waals surface area contributed by atoms with Crippen LogP contribution in [0.5, 0.6) is 0 Å². The van der Waals surface area contributed by atoms with Crippen LogP contribution in [0.15, 0.2) is 29.2 Å². The van der Waals surface area contributed by atoms with Gasteiger partial charge in [0.25, 0.3) is 0 Å². The number of alkyl halides is 3. The smallest absolute Gasteiger partial charge is 0.416 e. The van der Waals surface area contributed by atoms with Gasteiger partial charge in [0.1, 0.15) is 0 Å². The molecule has 1 saturated heterocycles. The highest BCUT2D eigenvalue weighted by Gasteiger charge is 2.45. The van der Waals surface area contributed by atoms with Crippen LogP contribution in [0.2, 0.25) is 0 Å². The standard InChI is InChI=1S/C19H27F3N2O3S.ClH/c1-17(2,23)16(25)24-10-8-13(9-11-24)18(3,4)28(26,27)15-7-5-6-14(12-15)19(20,21)22;/h5-7,12-13H,8-11,23H2,1-4H3;1H/p-1. The Balaban J connectivity index is 0.00000420. The summed E-state index contributed by atoms with van der Waals surface area (Å²) in [5.41, 5.74) is 3.85. The molecule has 5 nitrogen and oxygen atoms in total. The maximum absolute atomic E-state index is 13.1. The fourth-order valence-electron chi connectivity index (χ4n) is 3.55. The lowest BCUT2D eigenvalue weighted by molar-refractivity contribution is -0.138. The van der Waals surface area contributed by atoms with E-state index in [0.717, 1.165) is 12.1 Å². The first kappa shape index (κ1) is 25.7.